The second-order valence-electron chi connectivity index (χ2n) is 6.24. The first-order chi connectivity index (χ1) is 15.2. The average molecular weight is 540 g/mol. The quantitative estimate of drug-likeness (QED) is 0.330. The predicted octanol–water partition coefficient (Wildman–Crippen LogP) is 3.11. The summed E-state index contributed by atoms with van der Waals surface area (Å²) in [5, 5.41) is 2.81. The van der Waals surface area contributed by atoms with Crippen molar-refractivity contribution in [3.63, 3.8) is 0 Å². The number of methoxy groups -OCH3 is 2. The van der Waals surface area contributed by atoms with Gasteiger partial charge in [-0.25, -0.2) is 13.4 Å². The van der Waals surface area contributed by atoms with Crippen molar-refractivity contribution >= 4 is 49.1 Å². The molecule has 0 radical (unpaired) electrons. The van der Waals surface area contributed by atoms with Crippen molar-refractivity contribution in [1.82, 2.24) is 9.97 Å². The molecular formula is C20H18BrN3O6S2. The highest BCUT2D eigenvalue weighted by atomic mass is 79.9. The molecule has 1 heterocycles. The second-order valence-corrected chi connectivity index (χ2v) is 10.0. The summed E-state index contributed by atoms with van der Waals surface area (Å²) < 4.78 is 36.4. The molecule has 0 unspecified atom stereocenters. The molecule has 0 aliphatic rings. The highest BCUT2D eigenvalue weighted by Crippen LogP contribution is 2.29. The van der Waals surface area contributed by atoms with E-state index in [2.05, 4.69) is 31.2 Å². The third-order valence-corrected chi connectivity index (χ3v) is 7.36. The molecule has 9 nitrogen and oxygen atoms in total. The molecule has 1 aromatic heterocycles. The second kappa shape index (κ2) is 10.2. The van der Waals surface area contributed by atoms with Crippen LogP contribution >= 0.6 is 27.7 Å². The molecule has 0 bridgehead atoms. The van der Waals surface area contributed by atoms with Crippen LogP contribution in [0.4, 0.5) is 5.69 Å². The van der Waals surface area contributed by atoms with Gasteiger partial charge >= 0.3 is 0 Å². The standard InChI is InChI=1S/C20H18BrN3O6S2/c1-29-13-5-8-16(30-2)15(9-13)23-18(25)11-31-20-22-10-17(19(26)24-20)32(27,28)14-6-3-12(21)4-7-14/h3-10H,11H2,1-2H3,(H,23,25)(H,22,24,26). The first-order valence-corrected chi connectivity index (χ1v) is 12.3. The number of hydrogen-bond donors (Lipinski definition) is 2. The van der Waals surface area contributed by atoms with Gasteiger partial charge in [-0.3, -0.25) is 9.59 Å². The number of nitrogens with one attached hydrogen (secondary N) is 2. The van der Waals surface area contributed by atoms with Crippen LogP contribution in [0.2, 0.25) is 0 Å². The molecule has 12 heteroatoms. The number of aromatic nitrogens is 2. The fourth-order valence-corrected chi connectivity index (χ4v) is 4.74. The molecule has 0 saturated heterocycles. The molecule has 3 aromatic rings. The van der Waals surface area contributed by atoms with E-state index in [1.54, 1.807) is 30.3 Å². The summed E-state index contributed by atoms with van der Waals surface area (Å²) >= 11 is 4.18. The van der Waals surface area contributed by atoms with Crippen LogP contribution in [0.1, 0.15) is 0 Å². The highest BCUT2D eigenvalue weighted by Gasteiger charge is 2.22. The summed E-state index contributed by atoms with van der Waals surface area (Å²) in [6, 6.07) is 10.9. The van der Waals surface area contributed by atoms with E-state index in [0.717, 1.165) is 18.0 Å². The van der Waals surface area contributed by atoms with Crippen LogP contribution in [0.15, 0.2) is 72.9 Å². The molecule has 3 rings (SSSR count). The Morgan fingerprint density at radius 1 is 1.16 bits per heavy atom. The van der Waals surface area contributed by atoms with Crippen molar-refractivity contribution in [1.29, 1.82) is 0 Å². The Bertz CT molecular complexity index is 1290. The Kier molecular flexibility index (Phi) is 7.59. The van der Waals surface area contributed by atoms with E-state index >= 15 is 0 Å². The van der Waals surface area contributed by atoms with Gasteiger partial charge < -0.3 is 19.8 Å². The highest BCUT2D eigenvalue weighted by molar-refractivity contribution is 9.10. The molecule has 1 amide bonds. The molecule has 0 aliphatic heterocycles. The SMILES string of the molecule is COc1ccc(OC)c(NC(=O)CSc2ncc(S(=O)(=O)c3ccc(Br)cc3)c(=O)[nH]2)c1. The van der Waals surface area contributed by atoms with Gasteiger partial charge in [0.2, 0.25) is 15.7 Å². The predicted molar refractivity (Wildman–Crippen MR) is 123 cm³/mol. The molecule has 0 atom stereocenters. The minimum Gasteiger partial charge on any atom is -0.497 e. The maximum atomic E-state index is 12.7. The summed E-state index contributed by atoms with van der Waals surface area (Å²) in [4.78, 5) is 30.6. The van der Waals surface area contributed by atoms with Gasteiger partial charge in [0.05, 0.1) is 36.8 Å². The number of halogens is 1. The summed E-state index contributed by atoms with van der Waals surface area (Å²) in [6.07, 6.45) is 0.988. The largest absolute Gasteiger partial charge is 0.497 e. The molecular weight excluding hydrogens is 522 g/mol. The Hall–Kier alpha value is -2.83. The number of anilines is 1. The van der Waals surface area contributed by atoms with Crippen molar-refractivity contribution in [2.24, 2.45) is 0 Å². The van der Waals surface area contributed by atoms with Crippen molar-refractivity contribution in [3.8, 4) is 11.5 Å². The molecule has 0 fully saturated rings. The summed E-state index contributed by atoms with van der Waals surface area (Å²) in [5.74, 6) is 0.540. The minimum absolute atomic E-state index is 0.0278. The summed E-state index contributed by atoms with van der Waals surface area (Å²) in [7, 11) is -1.05. The van der Waals surface area contributed by atoms with Crippen LogP contribution in [-0.2, 0) is 14.6 Å². The third-order valence-electron chi connectivity index (χ3n) is 4.18. The van der Waals surface area contributed by atoms with Crippen molar-refractivity contribution in [3.05, 3.63) is 63.5 Å². The van der Waals surface area contributed by atoms with Gasteiger partial charge in [0.15, 0.2) is 10.1 Å². The van der Waals surface area contributed by atoms with Gasteiger partial charge in [0, 0.05) is 10.5 Å². The van der Waals surface area contributed by atoms with E-state index in [0.29, 0.717) is 21.7 Å². The lowest BCUT2D eigenvalue weighted by Crippen LogP contribution is -2.20. The van der Waals surface area contributed by atoms with Gasteiger partial charge in [-0.1, -0.05) is 27.7 Å². The maximum absolute atomic E-state index is 12.7. The summed E-state index contributed by atoms with van der Waals surface area (Å²) in [6.45, 7) is 0. The lowest BCUT2D eigenvalue weighted by molar-refractivity contribution is -0.113. The van der Waals surface area contributed by atoms with E-state index in [9.17, 15) is 18.0 Å². The smallest absolute Gasteiger partial charge is 0.270 e. The number of benzene rings is 2. The average Bonchev–Trinajstić information content (AvgIpc) is 2.77. The number of ether oxygens (including phenoxy) is 2. The zero-order chi connectivity index (χ0) is 23.3. The van der Waals surface area contributed by atoms with Crippen LogP contribution < -0.4 is 20.3 Å². The third kappa shape index (κ3) is 5.50. The summed E-state index contributed by atoms with van der Waals surface area (Å²) in [5.41, 5.74) is -0.393. The fourth-order valence-electron chi connectivity index (χ4n) is 2.60. The lowest BCUT2D eigenvalue weighted by Gasteiger charge is -2.11. The van der Waals surface area contributed by atoms with E-state index in [-0.39, 0.29) is 21.7 Å². The van der Waals surface area contributed by atoms with Gasteiger partial charge in [-0.15, -0.1) is 0 Å². The number of hydrogen-bond acceptors (Lipinski definition) is 8. The Balaban J connectivity index is 1.71. The fraction of sp³-hybridized carbons (Fsp3) is 0.150. The molecule has 2 N–H and O–H groups in total. The van der Waals surface area contributed by atoms with Gasteiger partial charge in [-0.2, -0.15) is 0 Å². The Labute approximate surface area is 196 Å². The van der Waals surface area contributed by atoms with Gasteiger partial charge in [0.1, 0.15) is 11.5 Å². The van der Waals surface area contributed by atoms with Crippen molar-refractivity contribution in [2.45, 2.75) is 14.9 Å². The minimum atomic E-state index is -4.03. The van der Waals surface area contributed by atoms with Crippen molar-refractivity contribution < 1.29 is 22.7 Å². The zero-order valence-corrected chi connectivity index (χ0v) is 20.1. The first kappa shape index (κ1) is 23.8. The number of nitrogens with zero attached hydrogens (tertiary/aromatic N) is 1. The van der Waals surface area contributed by atoms with Crippen LogP contribution in [0, 0.1) is 0 Å². The van der Waals surface area contributed by atoms with E-state index in [1.807, 2.05) is 0 Å². The Morgan fingerprint density at radius 2 is 1.88 bits per heavy atom. The van der Waals surface area contributed by atoms with Crippen LogP contribution in [0.5, 0.6) is 11.5 Å². The molecule has 2 aromatic carbocycles. The number of thioether (sulfide) groups is 1. The number of rotatable bonds is 8. The van der Waals surface area contributed by atoms with Crippen molar-refractivity contribution in [2.75, 3.05) is 25.3 Å². The van der Waals surface area contributed by atoms with Gasteiger partial charge in [0.25, 0.3) is 5.56 Å². The molecule has 0 aliphatic carbocycles. The number of aromatic amines is 1. The van der Waals surface area contributed by atoms with E-state index in [4.69, 9.17) is 9.47 Å². The number of amides is 1. The molecule has 168 valence electrons. The van der Waals surface area contributed by atoms with Gasteiger partial charge in [-0.05, 0) is 36.4 Å². The number of carbonyl (C=O) groups is 1. The normalized spacial score (nSPS) is 11.1. The number of sulfone groups is 1. The maximum Gasteiger partial charge on any atom is 0.270 e. The van der Waals surface area contributed by atoms with Crippen LogP contribution in [0.3, 0.4) is 0 Å². The molecule has 0 saturated carbocycles. The monoisotopic (exact) mass is 539 g/mol. The Morgan fingerprint density at radius 3 is 2.50 bits per heavy atom. The topological polar surface area (TPSA) is 127 Å². The van der Waals surface area contributed by atoms with E-state index in [1.165, 1.54) is 26.4 Å². The van der Waals surface area contributed by atoms with Crippen LogP contribution in [0.25, 0.3) is 0 Å². The zero-order valence-electron chi connectivity index (χ0n) is 16.9. The molecule has 32 heavy (non-hydrogen) atoms. The first-order valence-electron chi connectivity index (χ1n) is 8.99. The van der Waals surface area contributed by atoms with E-state index < -0.39 is 20.3 Å². The molecule has 0 spiro atoms. The lowest BCUT2D eigenvalue weighted by atomic mass is 10.2. The number of H-pyrrole nitrogens is 1. The number of carbonyl (C=O) groups excluding carboxylic acids is 1. The van der Waals surface area contributed by atoms with Crippen LogP contribution in [-0.4, -0.2) is 44.3 Å².